The van der Waals surface area contributed by atoms with Crippen molar-refractivity contribution in [1.82, 2.24) is 0 Å². The van der Waals surface area contributed by atoms with Gasteiger partial charge in [0.1, 0.15) is 0 Å². The minimum absolute atomic E-state index is 0.200. The van der Waals surface area contributed by atoms with Crippen LogP contribution in [0.4, 0.5) is 4.39 Å². The van der Waals surface area contributed by atoms with Crippen LogP contribution in [-0.2, 0) is 6.42 Å². The van der Waals surface area contributed by atoms with Crippen molar-refractivity contribution in [3.05, 3.63) is 63.9 Å². The lowest BCUT2D eigenvalue weighted by molar-refractivity contribution is 0.178. The number of halogens is 2. The van der Waals surface area contributed by atoms with Gasteiger partial charge in [0.2, 0.25) is 0 Å². The molecule has 0 aromatic heterocycles. The first-order valence-corrected chi connectivity index (χ1v) is 6.65. The van der Waals surface area contributed by atoms with Gasteiger partial charge in [0.05, 0.1) is 13.2 Å². The number of aryl methyl sites for hydroxylation is 1. The Kier molecular flexibility index (Phi) is 4.63. The first-order chi connectivity index (χ1) is 9.51. The van der Waals surface area contributed by atoms with Crippen molar-refractivity contribution in [3.8, 4) is 5.75 Å². The molecule has 0 aliphatic carbocycles. The highest BCUT2D eigenvalue weighted by molar-refractivity contribution is 6.31. The van der Waals surface area contributed by atoms with Gasteiger partial charge < -0.3 is 9.84 Å². The van der Waals surface area contributed by atoms with E-state index in [1.165, 1.54) is 13.2 Å². The predicted molar refractivity (Wildman–Crippen MR) is 77.8 cm³/mol. The molecule has 0 saturated carbocycles. The molecule has 0 saturated heterocycles. The van der Waals surface area contributed by atoms with Crippen LogP contribution >= 0.6 is 11.6 Å². The van der Waals surface area contributed by atoms with Crippen LogP contribution in [0.2, 0.25) is 5.02 Å². The van der Waals surface area contributed by atoms with E-state index in [-0.39, 0.29) is 5.75 Å². The maximum absolute atomic E-state index is 13.6. The molecule has 0 amide bonds. The zero-order valence-corrected chi connectivity index (χ0v) is 12.1. The molecule has 0 aliphatic rings. The van der Waals surface area contributed by atoms with Crippen molar-refractivity contribution in [2.75, 3.05) is 7.11 Å². The Morgan fingerprint density at radius 1 is 1.25 bits per heavy atom. The second kappa shape index (κ2) is 6.25. The summed E-state index contributed by atoms with van der Waals surface area (Å²) in [6.45, 7) is 1.88. The maximum atomic E-state index is 13.6. The predicted octanol–water partition coefficient (Wildman–Crippen LogP) is 4.07. The lowest BCUT2D eigenvalue weighted by Gasteiger charge is -2.13. The summed E-state index contributed by atoms with van der Waals surface area (Å²) in [7, 11) is 1.42. The number of hydrogen-bond donors (Lipinski definition) is 1. The fourth-order valence-corrected chi connectivity index (χ4v) is 2.17. The van der Waals surface area contributed by atoms with E-state index < -0.39 is 11.9 Å². The van der Waals surface area contributed by atoms with E-state index in [1.807, 2.05) is 13.0 Å². The molecule has 0 fully saturated rings. The van der Waals surface area contributed by atoms with Gasteiger partial charge in [-0.1, -0.05) is 29.8 Å². The van der Waals surface area contributed by atoms with E-state index >= 15 is 0 Å². The second-order valence-corrected chi connectivity index (χ2v) is 5.10. The van der Waals surface area contributed by atoms with Gasteiger partial charge in [-0.15, -0.1) is 0 Å². The van der Waals surface area contributed by atoms with Crippen molar-refractivity contribution < 1.29 is 14.2 Å². The summed E-state index contributed by atoms with van der Waals surface area (Å²) in [6, 6.07) is 10.1. The third-order valence-electron chi connectivity index (χ3n) is 3.21. The summed E-state index contributed by atoms with van der Waals surface area (Å²) in [4.78, 5) is 0. The smallest absolute Gasteiger partial charge is 0.165 e. The number of aliphatic hydroxyl groups is 1. The van der Waals surface area contributed by atoms with Crippen LogP contribution in [-0.4, -0.2) is 12.2 Å². The molecule has 0 spiro atoms. The van der Waals surface area contributed by atoms with Gasteiger partial charge in [-0.25, -0.2) is 4.39 Å². The Balaban J connectivity index is 2.16. The van der Waals surface area contributed by atoms with Gasteiger partial charge in [-0.05, 0) is 41.8 Å². The lowest BCUT2D eigenvalue weighted by atomic mass is 10.00. The van der Waals surface area contributed by atoms with Crippen LogP contribution in [0.3, 0.4) is 0 Å². The summed E-state index contributed by atoms with van der Waals surface area (Å²) in [5, 5.41) is 10.9. The van der Waals surface area contributed by atoms with Crippen molar-refractivity contribution in [2.45, 2.75) is 19.4 Å². The van der Waals surface area contributed by atoms with Gasteiger partial charge in [0.25, 0.3) is 0 Å². The summed E-state index contributed by atoms with van der Waals surface area (Å²) < 4.78 is 18.5. The van der Waals surface area contributed by atoms with E-state index in [2.05, 4.69) is 0 Å². The van der Waals surface area contributed by atoms with E-state index in [4.69, 9.17) is 16.3 Å². The molecule has 0 bridgehead atoms. The van der Waals surface area contributed by atoms with Gasteiger partial charge in [0, 0.05) is 11.4 Å². The molecule has 2 aromatic rings. The molecule has 4 heteroatoms. The number of methoxy groups -OCH3 is 1. The Hall–Kier alpha value is -1.58. The number of ether oxygens (including phenoxy) is 1. The topological polar surface area (TPSA) is 29.5 Å². The SMILES string of the molecule is COc1ccc(CC(O)c2ccc(Cl)c(C)c2)cc1F. The molecule has 2 nitrogen and oxygen atoms in total. The summed E-state index contributed by atoms with van der Waals surface area (Å²) in [6.07, 6.45) is -0.360. The van der Waals surface area contributed by atoms with Crippen molar-refractivity contribution in [3.63, 3.8) is 0 Å². The van der Waals surface area contributed by atoms with Crippen molar-refractivity contribution >= 4 is 11.6 Å². The van der Waals surface area contributed by atoms with Gasteiger partial charge in [0.15, 0.2) is 11.6 Å². The fraction of sp³-hybridized carbons (Fsp3) is 0.250. The fourth-order valence-electron chi connectivity index (χ4n) is 2.05. The molecule has 2 rings (SSSR count). The monoisotopic (exact) mass is 294 g/mol. The minimum atomic E-state index is -0.696. The highest BCUT2D eigenvalue weighted by Crippen LogP contribution is 2.25. The molecule has 2 aromatic carbocycles. The molecular formula is C16H16ClFO2. The molecule has 1 N–H and O–H groups in total. The molecule has 1 atom stereocenters. The number of benzene rings is 2. The van der Waals surface area contributed by atoms with Crippen LogP contribution < -0.4 is 4.74 Å². The van der Waals surface area contributed by atoms with Crippen molar-refractivity contribution in [1.29, 1.82) is 0 Å². The third kappa shape index (κ3) is 3.30. The van der Waals surface area contributed by atoms with Crippen LogP contribution in [0, 0.1) is 12.7 Å². The second-order valence-electron chi connectivity index (χ2n) is 4.70. The lowest BCUT2D eigenvalue weighted by Crippen LogP contribution is -2.03. The van der Waals surface area contributed by atoms with Crippen LogP contribution in [0.15, 0.2) is 36.4 Å². The molecule has 0 heterocycles. The molecule has 20 heavy (non-hydrogen) atoms. The highest BCUT2D eigenvalue weighted by atomic mass is 35.5. The van der Waals surface area contributed by atoms with E-state index in [0.29, 0.717) is 17.0 Å². The van der Waals surface area contributed by atoms with E-state index in [9.17, 15) is 9.50 Å². The highest BCUT2D eigenvalue weighted by Gasteiger charge is 2.11. The molecule has 1 unspecified atom stereocenters. The van der Waals surface area contributed by atoms with Crippen LogP contribution in [0.25, 0.3) is 0 Å². The van der Waals surface area contributed by atoms with Crippen LogP contribution in [0.1, 0.15) is 22.8 Å². The molecular weight excluding hydrogens is 279 g/mol. The largest absolute Gasteiger partial charge is 0.494 e. The van der Waals surface area contributed by atoms with Gasteiger partial charge in [-0.2, -0.15) is 0 Å². The van der Waals surface area contributed by atoms with E-state index in [0.717, 1.165) is 11.1 Å². The van der Waals surface area contributed by atoms with Crippen LogP contribution in [0.5, 0.6) is 5.75 Å². The first kappa shape index (κ1) is 14.8. The average molecular weight is 295 g/mol. The summed E-state index contributed by atoms with van der Waals surface area (Å²) in [5.41, 5.74) is 2.38. The zero-order valence-electron chi connectivity index (χ0n) is 11.4. The Bertz CT molecular complexity index is 613. The zero-order chi connectivity index (χ0) is 14.7. The number of aliphatic hydroxyl groups excluding tert-OH is 1. The Labute approximate surface area is 122 Å². The maximum Gasteiger partial charge on any atom is 0.165 e. The third-order valence-corrected chi connectivity index (χ3v) is 3.64. The van der Waals surface area contributed by atoms with Gasteiger partial charge >= 0.3 is 0 Å². The average Bonchev–Trinajstić information content (AvgIpc) is 2.42. The number of rotatable bonds is 4. The quantitative estimate of drug-likeness (QED) is 0.921. The summed E-state index contributed by atoms with van der Waals surface area (Å²) in [5.74, 6) is -0.227. The minimum Gasteiger partial charge on any atom is -0.494 e. The van der Waals surface area contributed by atoms with E-state index in [1.54, 1.807) is 24.3 Å². The summed E-state index contributed by atoms with van der Waals surface area (Å²) >= 11 is 5.95. The number of hydrogen-bond acceptors (Lipinski definition) is 2. The normalized spacial score (nSPS) is 12.2. The van der Waals surface area contributed by atoms with Crippen molar-refractivity contribution in [2.24, 2.45) is 0 Å². The Morgan fingerprint density at radius 3 is 2.60 bits per heavy atom. The molecule has 0 aliphatic heterocycles. The van der Waals surface area contributed by atoms with Gasteiger partial charge in [-0.3, -0.25) is 0 Å². The first-order valence-electron chi connectivity index (χ1n) is 6.28. The Morgan fingerprint density at radius 2 is 2.00 bits per heavy atom. The standard InChI is InChI=1S/C16H16ClFO2/c1-10-7-12(4-5-13(10)17)15(19)9-11-3-6-16(20-2)14(18)8-11/h3-8,15,19H,9H2,1-2H3. The molecule has 0 radical (unpaired) electrons. The molecule has 106 valence electrons.